The zero-order valence-corrected chi connectivity index (χ0v) is 12.3. The van der Waals surface area contributed by atoms with E-state index in [1.807, 2.05) is 55.5 Å². The molecule has 22 heavy (non-hydrogen) atoms. The van der Waals surface area contributed by atoms with Crippen molar-refractivity contribution in [3.8, 4) is 11.5 Å². The lowest BCUT2D eigenvalue weighted by atomic mass is 10.2. The van der Waals surface area contributed by atoms with Gasteiger partial charge in [0.2, 0.25) is 12.7 Å². The lowest BCUT2D eigenvalue weighted by Crippen LogP contribution is -2.37. The first kappa shape index (κ1) is 14.3. The maximum Gasteiger partial charge on any atom is 0.242 e. The Balaban J connectivity index is 1.55. The number of rotatable bonds is 5. The predicted octanol–water partition coefficient (Wildman–Crippen LogP) is 2.53. The molecule has 0 fully saturated rings. The average molecular weight is 298 g/mol. The van der Waals surface area contributed by atoms with Crippen molar-refractivity contribution in [2.24, 2.45) is 0 Å². The molecule has 0 spiro atoms. The van der Waals surface area contributed by atoms with E-state index in [2.05, 4.69) is 10.6 Å². The van der Waals surface area contributed by atoms with Gasteiger partial charge in [-0.1, -0.05) is 30.3 Å². The number of benzene rings is 2. The number of ether oxygens (including phenoxy) is 2. The fraction of sp³-hybridized carbons (Fsp3) is 0.235. The maximum absolute atomic E-state index is 12.1. The largest absolute Gasteiger partial charge is 0.454 e. The summed E-state index contributed by atoms with van der Waals surface area (Å²) in [5.41, 5.74) is 1.90. The van der Waals surface area contributed by atoms with Gasteiger partial charge < -0.3 is 20.1 Å². The molecule has 1 atom stereocenters. The predicted molar refractivity (Wildman–Crippen MR) is 83.9 cm³/mol. The van der Waals surface area contributed by atoms with Crippen LogP contribution in [0.2, 0.25) is 0 Å². The van der Waals surface area contributed by atoms with Crippen LogP contribution in [0, 0.1) is 0 Å². The van der Waals surface area contributed by atoms with Crippen LogP contribution in [-0.4, -0.2) is 18.7 Å². The SMILES string of the molecule is C[C@@H](Nc1ccc2c(c1)OCO2)C(=O)NCc1ccccc1. The van der Waals surface area contributed by atoms with Crippen molar-refractivity contribution in [3.05, 3.63) is 54.1 Å². The van der Waals surface area contributed by atoms with Crippen molar-refractivity contribution in [1.82, 2.24) is 5.32 Å². The molecule has 5 nitrogen and oxygen atoms in total. The second-order valence-electron chi connectivity index (χ2n) is 5.14. The molecule has 1 heterocycles. The van der Waals surface area contributed by atoms with Gasteiger partial charge in [0.15, 0.2) is 11.5 Å². The third kappa shape index (κ3) is 3.31. The van der Waals surface area contributed by atoms with Gasteiger partial charge in [-0.3, -0.25) is 4.79 Å². The lowest BCUT2D eigenvalue weighted by Gasteiger charge is -2.15. The van der Waals surface area contributed by atoms with Gasteiger partial charge in [0.1, 0.15) is 6.04 Å². The van der Waals surface area contributed by atoms with Crippen LogP contribution in [0.4, 0.5) is 5.69 Å². The summed E-state index contributed by atoms with van der Waals surface area (Å²) in [6.45, 7) is 2.59. The highest BCUT2D eigenvalue weighted by atomic mass is 16.7. The minimum absolute atomic E-state index is 0.0541. The van der Waals surface area contributed by atoms with Gasteiger partial charge in [-0.2, -0.15) is 0 Å². The second kappa shape index (κ2) is 6.39. The Kier molecular flexibility index (Phi) is 4.14. The smallest absolute Gasteiger partial charge is 0.242 e. The Morgan fingerprint density at radius 2 is 1.91 bits per heavy atom. The Morgan fingerprint density at radius 3 is 2.73 bits per heavy atom. The molecule has 3 rings (SSSR count). The molecule has 0 saturated heterocycles. The summed E-state index contributed by atoms with van der Waals surface area (Å²) in [7, 11) is 0. The molecule has 0 radical (unpaired) electrons. The monoisotopic (exact) mass is 298 g/mol. The summed E-state index contributed by atoms with van der Waals surface area (Å²) >= 11 is 0. The molecular weight excluding hydrogens is 280 g/mol. The average Bonchev–Trinajstić information content (AvgIpc) is 3.01. The standard InChI is InChI=1S/C17H18N2O3/c1-12(17(20)18-10-13-5-3-2-4-6-13)19-14-7-8-15-16(9-14)22-11-21-15/h2-9,12,19H,10-11H2,1H3,(H,18,20)/t12-/m1/s1. The number of anilines is 1. The number of fused-ring (bicyclic) bond motifs is 1. The molecule has 0 unspecified atom stereocenters. The molecule has 114 valence electrons. The Hall–Kier alpha value is -2.69. The van der Waals surface area contributed by atoms with Crippen LogP contribution in [-0.2, 0) is 11.3 Å². The molecule has 0 aliphatic carbocycles. The lowest BCUT2D eigenvalue weighted by molar-refractivity contribution is -0.121. The van der Waals surface area contributed by atoms with E-state index >= 15 is 0 Å². The van der Waals surface area contributed by atoms with E-state index in [9.17, 15) is 4.79 Å². The fourth-order valence-electron chi connectivity index (χ4n) is 2.24. The van der Waals surface area contributed by atoms with Crippen LogP contribution in [0.25, 0.3) is 0 Å². The van der Waals surface area contributed by atoms with Crippen molar-refractivity contribution in [2.45, 2.75) is 19.5 Å². The van der Waals surface area contributed by atoms with Crippen molar-refractivity contribution >= 4 is 11.6 Å². The summed E-state index contributed by atoms with van der Waals surface area (Å²) in [6.07, 6.45) is 0. The van der Waals surface area contributed by atoms with Crippen molar-refractivity contribution in [1.29, 1.82) is 0 Å². The number of hydrogen-bond donors (Lipinski definition) is 2. The van der Waals surface area contributed by atoms with Gasteiger partial charge in [-0.05, 0) is 24.6 Å². The zero-order chi connectivity index (χ0) is 15.4. The molecule has 1 aliphatic rings. The molecule has 0 bridgehead atoms. The van der Waals surface area contributed by atoms with Gasteiger partial charge >= 0.3 is 0 Å². The van der Waals surface area contributed by atoms with E-state index in [1.165, 1.54) is 0 Å². The van der Waals surface area contributed by atoms with E-state index in [0.717, 1.165) is 17.0 Å². The van der Waals surface area contributed by atoms with Gasteiger partial charge in [-0.15, -0.1) is 0 Å². The van der Waals surface area contributed by atoms with Gasteiger partial charge in [0.05, 0.1) is 0 Å². The molecule has 0 aromatic heterocycles. The summed E-state index contributed by atoms with van der Waals surface area (Å²) in [5.74, 6) is 1.37. The van der Waals surface area contributed by atoms with Crippen molar-refractivity contribution in [2.75, 3.05) is 12.1 Å². The van der Waals surface area contributed by atoms with Crippen molar-refractivity contribution in [3.63, 3.8) is 0 Å². The molecule has 0 saturated carbocycles. The Morgan fingerprint density at radius 1 is 1.14 bits per heavy atom. The van der Waals surface area contributed by atoms with Crippen LogP contribution >= 0.6 is 0 Å². The van der Waals surface area contributed by atoms with E-state index < -0.39 is 0 Å². The highest BCUT2D eigenvalue weighted by molar-refractivity contribution is 5.84. The molecule has 1 aliphatic heterocycles. The molecule has 2 aromatic carbocycles. The van der Waals surface area contributed by atoms with Crippen LogP contribution in [0.15, 0.2) is 48.5 Å². The van der Waals surface area contributed by atoms with Crippen LogP contribution in [0.1, 0.15) is 12.5 Å². The second-order valence-corrected chi connectivity index (χ2v) is 5.14. The Labute approximate surface area is 129 Å². The minimum atomic E-state index is -0.343. The summed E-state index contributed by atoms with van der Waals surface area (Å²) < 4.78 is 10.6. The van der Waals surface area contributed by atoms with Crippen molar-refractivity contribution < 1.29 is 14.3 Å². The Bertz CT molecular complexity index is 658. The number of carbonyl (C=O) groups is 1. The number of hydrogen-bond acceptors (Lipinski definition) is 4. The van der Waals surface area contributed by atoms with Crippen LogP contribution in [0.5, 0.6) is 11.5 Å². The zero-order valence-electron chi connectivity index (χ0n) is 12.3. The first-order valence-corrected chi connectivity index (χ1v) is 7.20. The van der Waals surface area contributed by atoms with Crippen LogP contribution in [0.3, 0.4) is 0 Å². The van der Waals surface area contributed by atoms with E-state index in [4.69, 9.17) is 9.47 Å². The third-order valence-electron chi connectivity index (χ3n) is 3.46. The number of carbonyl (C=O) groups excluding carboxylic acids is 1. The van der Waals surface area contributed by atoms with E-state index in [1.54, 1.807) is 0 Å². The summed E-state index contributed by atoms with van der Waals surface area (Å²) in [6, 6.07) is 15.0. The quantitative estimate of drug-likeness (QED) is 0.890. The molecular formula is C17H18N2O3. The maximum atomic E-state index is 12.1. The van der Waals surface area contributed by atoms with E-state index in [-0.39, 0.29) is 18.7 Å². The van der Waals surface area contributed by atoms with E-state index in [0.29, 0.717) is 12.3 Å². The van der Waals surface area contributed by atoms with Gasteiger partial charge in [0.25, 0.3) is 0 Å². The number of nitrogens with one attached hydrogen (secondary N) is 2. The first-order valence-electron chi connectivity index (χ1n) is 7.20. The van der Waals surface area contributed by atoms with Gasteiger partial charge in [-0.25, -0.2) is 0 Å². The molecule has 1 amide bonds. The highest BCUT2D eigenvalue weighted by Gasteiger charge is 2.16. The van der Waals surface area contributed by atoms with Gasteiger partial charge in [0, 0.05) is 18.3 Å². The minimum Gasteiger partial charge on any atom is -0.454 e. The molecule has 2 aromatic rings. The topological polar surface area (TPSA) is 59.6 Å². The third-order valence-corrected chi connectivity index (χ3v) is 3.46. The van der Waals surface area contributed by atoms with Crippen LogP contribution < -0.4 is 20.1 Å². The first-order chi connectivity index (χ1) is 10.7. The fourth-order valence-corrected chi connectivity index (χ4v) is 2.24. The highest BCUT2D eigenvalue weighted by Crippen LogP contribution is 2.34. The molecule has 2 N–H and O–H groups in total. The summed E-state index contributed by atoms with van der Waals surface area (Å²) in [5, 5.41) is 6.07. The normalized spacial score (nSPS) is 13.5. The number of amides is 1. The molecule has 5 heteroatoms. The summed E-state index contributed by atoms with van der Waals surface area (Å²) in [4.78, 5) is 12.1.